The number of anilines is 1. The van der Waals surface area contributed by atoms with Gasteiger partial charge in [0.2, 0.25) is 0 Å². The Labute approximate surface area is 108 Å². The molecule has 1 heterocycles. The molecule has 0 radical (unpaired) electrons. The van der Waals surface area contributed by atoms with Crippen LogP contribution in [-0.4, -0.2) is 47.0 Å². The number of nitrogens with one attached hydrogen (secondary N) is 1. The molecular weight excluding hydrogens is 230 g/mol. The number of carbonyl (C=O) groups is 1. The van der Waals surface area contributed by atoms with Crippen LogP contribution in [0.15, 0.2) is 12.4 Å². The molecule has 0 aromatic carbocycles. The van der Waals surface area contributed by atoms with Crippen molar-refractivity contribution in [1.29, 1.82) is 0 Å². The van der Waals surface area contributed by atoms with Gasteiger partial charge < -0.3 is 16.0 Å². The Kier molecular flexibility index (Phi) is 6.07. The third kappa shape index (κ3) is 4.67. The molecule has 1 amide bonds. The molecule has 0 aliphatic carbocycles. The summed E-state index contributed by atoms with van der Waals surface area (Å²) in [7, 11) is 0. The molecular formula is C12H21N5O. The molecule has 18 heavy (non-hydrogen) atoms. The minimum Gasteiger partial charge on any atom is -0.382 e. The van der Waals surface area contributed by atoms with Crippen LogP contribution in [0, 0.1) is 0 Å². The lowest BCUT2D eigenvalue weighted by atomic mass is 10.3. The number of hydrogen-bond donors (Lipinski definition) is 2. The highest BCUT2D eigenvalue weighted by Gasteiger charge is 2.08. The zero-order chi connectivity index (χ0) is 13.4. The van der Waals surface area contributed by atoms with E-state index in [-0.39, 0.29) is 17.4 Å². The molecule has 0 bridgehead atoms. The lowest BCUT2D eigenvalue weighted by Gasteiger charge is -2.19. The number of nitrogens with two attached hydrogens (primary N) is 1. The first-order valence-electron chi connectivity index (χ1n) is 6.25. The van der Waals surface area contributed by atoms with E-state index < -0.39 is 0 Å². The van der Waals surface area contributed by atoms with Gasteiger partial charge in [-0.2, -0.15) is 0 Å². The van der Waals surface area contributed by atoms with Gasteiger partial charge in [0.05, 0.1) is 12.4 Å². The van der Waals surface area contributed by atoms with E-state index in [9.17, 15) is 4.79 Å². The summed E-state index contributed by atoms with van der Waals surface area (Å²) in [6, 6.07) is 0. The van der Waals surface area contributed by atoms with Gasteiger partial charge in [-0.1, -0.05) is 13.8 Å². The number of aromatic nitrogens is 2. The van der Waals surface area contributed by atoms with Crippen LogP contribution in [0.2, 0.25) is 0 Å². The van der Waals surface area contributed by atoms with Gasteiger partial charge in [-0.3, -0.25) is 9.78 Å². The standard InChI is InChI=1S/C12H21N5O/c1-3-6-17(4-2)7-5-15-12(18)10-8-14-9-11(13)16-10/h8-9H,3-7H2,1-2H3,(H2,13,16)(H,15,18). The first kappa shape index (κ1) is 14.4. The molecule has 1 rings (SSSR count). The Morgan fingerprint density at radius 2 is 2.17 bits per heavy atom. The predicted octanol–water partition coefficient (Wildman–Crippen LogP) is 0.521. The molecule has 0 spiro atoms. The molecule has 6 heteroatoms. The Bertz CT molecular complexity index is 382. The van der Waals surface area contributed by atoms with Crippen molar-refractivity contribution in [2.24, 2.45) is 0 Å². The smallest absolute Gasteiger partial charge is 0.271 e. The lowest BCUT2D eigenvalue weighted by molar-refractivity contribution is 0.0943. The van der Waals surface area contributed by atoms with E-state index in [0.717, 1.165) is 26.1 Å². The summed E-state index contributed by atoms with van der Waals surface area (Å²) < 4.78 is 0. The number of nitrogen functional groups attached to an aromatic ring is 1. The van der Waals surface area contributed by atoms with Crippen molar-refractivity contribution in [2.75, 3.05) is 31.9 Å². The average molecular weight is 251 g/mol. The van der Waals surface area contributed by atoms with E-state index >= 15 is 0 Å². The van der Waals surface area contributed by atoms with Gasteiger partial charge in [0.15, 0.2) is 0 Å². The number of rotatable bonds is 7. The SMILES string of the molecule is CCCN(CC)CCNC(=O)c1cncc(N)n1. The second kappa shape index (κ2) is 7.60. The lowest BCUT2D eigenvalue weighted by Crippen LogP contribution is -2.35. The largest absolute Gasteiger partial charge is 0.382 e. The number of carbonyl (C=O) groups excluding carboxylic acids is 1. The zero-order valence-corrected chi connectivity index (χ0v) is 11.0. The van der Waals surface area contributed by atoms with Crippen LogP contribution >= 0.6 is 0 Å². The van der Waals surface area contributed by atoms with Crippen molar-refractivity contribution in [1.82, 2.24) is 20.2 Å². The summed E-state index contributed by atoms with van der Waals surface area (Å²) in [5.41, 5.74) is 5.73. The molecule has 0 fully saturated rings. The predicted molar refractivity (Wildman–Crippen MR) is 71.2 cm³/mol. The monoisotopic (exact) mass is 251 g/mol. The number of nitrogens with zero attached hydrogens (tertiary/aromatic N) is 3. The van der Waals surface area contributed by atoms with Gasteiger partial charge in [-0.25, -0.2) is 4.98 Å². The van der Waals surface area contributed by atoms with E-state index in [4.69, 9.17) is 5.73 Å². The summed E-state index contributed by atoms with van der Waals surface area (Å²) in [4.78, 5) is 21.8. The third-order valence-corrected chi connectivity index (χ3v) is 2.59. The summed E-state index contributed by atoms with van der Waals surface area (Å²) in [6.45, 7) is 7.73. The molecule has 0 aliphatic rings. The second-order valence-corrected chi connectivity index (χ2v) is 4.02. The fourth-order valence-corrected chi connectivity index (χ4v) is 1.65. The highest BCUT2D eigenvalue weighted by atomic mass is 16.1. The van der Waals surface area contributed by atoms with E-state index in [2.05, 4.69) is 34.0 Å². The van der Waals surface area contributed by atoms with E-state index in [0.29, 0.717) is 6.54 Å². The Morgan fingerprint density at radius 1 is 1.39 bits per heavy atom. The molecule has 1 aromatic rings. The first-order valence-corrected chi connectivity index (χ1v) is 6.25. The Hall–Kier alpha value is -1.69. The molecule has 100 valence electrons. The maximum atomic E-state index is 11.7. The van der Waals surface area contributed by atoms with E-state index in [1.54, 1.807) is 0 Å². The van der Waals surface area contributed by atoms with Crippen molar-refractivity contribution >= 4 is 11.7 Å². The normalized spacial score (nSPS) is 10.6. The number of likely N-dealkylation sites (N-methyl/N-ethyl adjacent to an activating group) is 1. The van der Waals surface area contributed by atoms with Crippen molar-refractivity contribution < 1.29 is 4.79 Å². The highest BCUT2D eigenvalue weighted by molar-refractivity contribution is 5.92. The Morgan fingerprint density at radius 3 is 2.78 bits per heavy atom. The van der Waals surface area contributed by atoms with Crippen LogP contribution in [0.5, 0.6) is 0 Å². The summed E-state index contributed by atoms with van der Waals surface area (Å²) in [5, 5.41) is 2.81. The third-order valence-electron chi connectivity index (χ3n) is 2.59. The van der Waals surface area contributed by atoms with Gasteiger partial charge in [0, 0.05) is 13.1 Å². The van der Waals surface area contributed by atoms with E-state index in [1.807, 2.05) is 0 Å². The molecule has 0 saturated heterocycles. The van der Waals surface area contributed by atoms with Gasteiger partial charge in [-0.05, 0) is 19.5 Å². The fraction of sp³-hybridized carbons (Fsp3) is 0.583. The molecule has 0 aliphatic heterocycles. The van der Waals surface area contributed by atoms with Crippen molar-refractivity contribution in [3.63, 3.8) is 0 Å². The molecule has 0 atom stereocenters. The molecule has 1 aromatic heterocycles. The quantitative estimate of drug-likeness (QED) is 0.738. The van der Waals surface area contributed by atoms with Crippen molar-refractivity contribution in [2.45, 2.75) is 20.3 Å². The van der Waals surface area contributed by atoms with Gasteiger partial charge >= 0.3 is 0 Å². The maximum Gasteiger partial charge on any atom is 0.271 e. The van der Waals surface area contributed by atoms with Crippen molar-refractivity contribution in [3.05, 3.63) is 18.1 Å². The van der Waals surface area contributed by atoms with Crippen LogP contribution in [0.1, 0.15) is 30.8 Å². The van der Waals surface area contributed by atoms with E-state index in [1.165, 1.54) is 12.4 Å². The fourth-order valence-electron chi connectivity index (χ4n) is 1.65. The van der Waals surface area contributed by atoms with Crippen LogP contribution < -0.4 is 11.1 Å². The zero-order valence-electron chi connectivity index (χ0n) is 11.0. The number of hydrogen-bond acceptors (Lipinski definition) is 5. The Balaban J connectivity index is 2.37. The summed E-state index contributed by atoms with van der Waals surface area (Å²) in [5.74, 6) is 0.0196. The van der Waals surface area contributed by atoms with Crippen LogP contribution in [0.4, 0.5) is 5.82 Å². The minimum atomic E-state index is -0.234. The molecule has 0 saturated carbocycles. The van der Waals surface area contributed by atoms with Gasteiger partial charge in [-0.15, -0.1) is 0 Å². The highest BCUT2D eigenvalue weighted by Crippen LogP contribution is 1.97. The molecule has 3 N–H and O–H groups in total. The summed E-state index contributed by atoms with van der Waals surface area (Å²) >= 11 is 0. The summed E-state index contributed by atoms with van der Waals surface area (Å²) in [6.07, 6.45) is 3.94. The minimum absolute atomic E-state index is 0.234. The maximum absolute atomic E-state index is 11.7. The molecule has 0 unspecified atom stereocenters. The van der Waals surface area contributed by atoms with Gasteiger partial charge in [0.25, 0.3) is 5.91 Å². The topological polar surface area (TPSA) is 84.1 Å². The van der Waals surface area contributed by atoms with Crippen LogP contribution in [0.25, 0.3) is 0 Å². The average Bonchev–Trinajstić information content (AvgIpc) is 2.37. The van der Waals surface area contributed by atoms with Gasteiger partial charge in [0.1, 0.15) is 11.5 Å². The van der Waals surface area contributed by atoms with Crippen molar-refractivity contribution in [3.8, 4) is 0 Å². The van der Waals surface area contributed by atoms with Crippen LogP contribution in [-0.2, 0) is 0 Å². The first-order chi connectivity index (χ1) is 8.67. The van der Waals surface area contributed by atoms with Crippen LogP contribution in [0.3, 0.4) is 0 Å². The molecule has 6 nitrogen and oxygen atoms in total. The second-order valence-electron chi connectivity index (χ2n) is 4.02. The number of amides is 1.